The second kappa shape index (κ2) is 7.51. The number of sulfonamides is 1. The second-order valence-electron chi connectivity index (χ2n) is 4.83. The van der Waals surface area contributed by atoms with Crippen LogP contribution in [-0.2, 0) is 10.0 Å². The molecule has 0 saturated carbocycles. The Balaban J connectivity index is 2.54. The molecular formula is C15H14BrClN2O5S. The third kappa shape index (κ3) is 4.17. The fraction of sp³-hybridized carbons (Fsp3) is 0.133. The van der Waals surface area contributed by atoms with Crippen LogP contribution < -0.4 is 14.8 Å². The lowest BCUT2D eigenvalue weighted by Crippen LogP contribution is -2.19. The van der Waals surface area contributed by atoms with Crippen molar-refractivity contribution in [3.05, 3.63) is 45.4 Å². The van der Waals surface area contributed by atoms with E-state index in [1.165, 1.54) is 38.4 Å². The summed E-state index contributed by atoms with van der Waals surface area (Å²) in [6.45, 7) is 0. The summed E-state index contributed by atoms with van der Waals surface area (Å²) in [6, 6.07) is 6.88. The Hall–Kier alpha value is -1.97. The molecule has 7 nitrogen and oxygen atoms in total. The molecule has 0 fully saturated rings. The topological polar surface area (TPSA) is 105 Å². The standard InChI is InChI=1S/C15H14BrClN2O5S/c1-18-15(21)10-6-9(17)7-11(14(10)20)19-25(22,23)13-5-8(16)3-4-12(13)24-2/h3-7,19-20H,1-2H3,(H,18,21). The van der Waals surface area contributed by atoms with Crippen molar-refractivity contribution in [2.45, 2.75) is 4.90 Å². The first-order valence-corrected chi connectivity index (χ1v) is 9.46. The molecule has 3 N–H and O–H groups in total. The fourth-order valence-corrected chi connectivity index (χ4v) is 4.03. The van der Waals surface area contributed by atoms with Gasteiger partial charge in [-0.1, -0.05) is 27.5 Å². The lowest BCUT2D eigenvalue weighted by atomic mass is 10.1. The van der Waals surface area contributed by atoms with E-state index in [0.29, 0.717) is 4.47 Å². The maximum atomic E-state index is 12.7. The first kappa shape index (κ1) is 19.4. The van der Waals surface area contributed by atoms with Crippen molar-refractivity contribution in [1.29, 1.82) is 0 Å². The first-order valence-electron chi connectivity index (χ1n) is 6.80. The highest BCUT2D eigenvalue weighted by molar-refractivity contribution is 9.10. The molecule has 0 aliphatic rings. The van der Waals surface area contributed by atoms with E-state index >= 15 is 0 Å². The Morgan fingerprint density at radius 3 is 2.56 bits per heavy atom. The van der Waals surface area contributed by atoms with Gasteiger partial charge in [-0.25, -0.2) is 8.42 Å². The molecule has 2 aromatic carbocycles. The predicted molar refractivity (Wildman–Crippen MR) is 98.0 cm³/mol. The number of hydrogen-bond acceptors (Lipinski definition) is 5. The van der Waals surface area contributed by atoms with Crippen molar-refractivity contribution in [3.8, 4) is 11.5 Å². The van der Waals surface area contributed by atoms with Crippen LogP contribution in [-0.4, -0.2) is 33.6 Å². The summed E-state index contributed by atoms with van der Waals surface area (Å²) in [7, 11) is -1.41. The van der Waals surface area contributed by atoms with Gasteiger partial charge >= 0.3 is 0 Å². The number of amides is 1. The minimum Gasteiger partial charge on any atom is -0.505 e. The quantitative estimate of drug-likeness (QED) is 0.609. The van der Waals surface area contributed by atoms with Crippen LogP contribution in [0.5, 0.6) is 11.5 Å². The lowest BCUT2D eigenvalue weighted by molar-refractivity contribution is 0.0960. The minimum atomic E-state index is -4.12. The molecule has 0 bridgehead atoms. The van der Waals surface area contributed by atoms with Gasteiger partial charge in [-0.3, -0.25) is 9.52 Å². The highest BCUT2D eigenvalue weighted by Gasteiger charge is 2.23. The number of hydrogen-bond donors (Lipinski definition) is 3. The number of phenols is 1. The monoisotopic (exact) mass is 448 g/mol. The number of carbonyl (C=O) groups excluding carboxylic acids is 1. The third-order valence-corrected chi connectivity index (χ3v) is 5.30. The molecule has 0 atom stereocenters. The van der Waals surface area contributed by atoms with Gasteiger partial charge in [-0.2, -0.15) is 0 Å². The maximum absolute atomic E-state index is 12.7. The molecule has 0 radical (unpaired) electrons. The van der Waals surface area contributed by atoms with Crippen molar-refractivity contribution < 1.29 is 23.1 Å². The van der Waals surface area contributed by atoms with Crippen LogP contribution in [0.2, 0.25) is 5.02 Å². The molecule has 0 aromatic heterocycles. The molecule has 0 spiro atoms. The molecule has 2 aromatic rings. The van der Waals surface area contributed by atoms with E-state index in [2.05, 4.69) is 26.0 Å². The molecule has 0 saturated heterocycles. The Morgan fingerprint density at radius 2 is 1.96 bits per heavy atom. The van der Waals surface area contributed by atoms with Gasteiger partial charge in [0.1, 0.15) is 10.6 Å². The zero-order valence-corrected chi connectivity index (χ0v) is 16.3. The fourth-order valence-electron chi connectivity index (χ4n) is 2.05. The predicted octanol–water partition coefficient (Wildman–Crippen LogP) is 2.98. The molecule has 0 heterocycles. The van der Waals surface area contributed by atoms with Gasteiger partial charge in [0.2, 0.25) is 0 Å². The summed E-state index contributed by atoms with van der Waals surface area (Å²) in [6.07, 6.45) is 0. The Kier molecular flexibility index (Phi) is 5.81. The molecule has 0 aliphatic carbocycles. The average Bonchev–Trinajstić information content (AvgIpc) is 2.56. The van der Waals surface area contributed by atoms with E-state index < -0.39 is 21.7 Å². The first-order chi connectivity index (χ1) is 11.7. The van der Waals surface area contributed by atoms with E-state index in [4.69, 9.17) is 16.3 Å². The van der Waals surface area contributed by atoms with Gasteiger partial charge in [0.15, 0.2) is 5.75 Å². The largest absolute Gasteiger partial charge is 0.505 e. The molecule has 0 aliphatic heterocycles. The number of benzene rings is 2. The van der Waals surface area contributed by atoms with Crippen molar-refractivity contribution in [3.63, 3.8) is 0 Å². The number of halogens is 2. The highest BCUT2D eigenvalue weighted by Crippen LogP contribution is 2.35. The Bertz CT molecular complexity index is 934. The molecule has 134 valence electrons. The second-order valence-corrected chi connectivity index (χ2v) is 7.83. The number of methoxy groups -OCH3 is 1. The number of nitrogens with one attached hydrogen (secondary N) is 2. The van der Waals surface area contributed by atoms with E-state index in [1.807, 2.05) is 0 Å². The Labute approximate surface area is 158 Å². The summed E-state index contributed by atoms with van der Waals surface area (Å²) in [5.41, 5.74) is -0.387. The van der Waals surface area contributed by atoms with E-state index in [1.54, 1.807) is 6.07 Å². The maximum Gasteiger partial charge on any atom is 0.265 e. The van der Waals surface area contributed by atoms with Crippen molar-refractivity contribution in [2.24, 2.45) is 0 Å². The summed E-state index contributed by atoms with van der Waals surface area (Å²) in [4.78, 5) is 11.6. The van der Waals surface area contributed by atoms with E-state index in [0.717, 1.165) is 0 Å². The van der Waals surface area contributed by atoms with Crippen LogP contribution in [0.1, 0.15) is 10.4 Å². The van der Waals surface area contributed by atoms with Crippen molar-refractivity contribution in [1.82, 2.24) is 5.32 Å². The summed E-state index contributed by atoms with van der Waals surface area (Å²) in [5, 5.41) is 12.6. The van der Waals surface area contributed by atoms with Crippen molar-refractivity contribution in [2.75, 3.05) is 18.9 Å². The molecule has 25 heavy (non-hydrogen) atoms. The highest BCUT2D eigenvalue weighted by atomic mass is 79.9. The number of anilines is 1. The summed E-state index contributed by atoms with van der Waals surface area (Å²) < 4.78 is 33.2. The zero-order valence-electron chi connectivity index (χ0n) is 13.1. The van der Waals surface area contributed by atoms with Gasteiger partial charge < -0.3 is 15.2 Å². The third-order valence-electron chi connectivity index (χ3n) is 3.21. The van der Waals surface area contributed by atoms with Gasteiger partial charge in [0, 0.05) is 16.5 Å². The van der Waals surface area contributed by atoms with Crippen LogP contribution in [0.25, 0.3) is 0 Å². The van der Waals surface area contributed by atoms with Crippen molar-refractivity contribution >= 4 is 49.1 Å². The van der Waals surface area contributed by atoms with E-state index in [9.17, 15) is 18.3 Å². The molecule has 10 heteroatoms. The normalized spacial score (nSPS) is 11.0. The molecule has 1 amide bonds. The lowest BCUT2D eigenvalue weighted by Gasteiger charge is -2.14. The van der Waals surface area contributed by atoms with Gasteiger partial charge in [-0.05, 0) is 30.3 Å². The smallest absolute Gasteiger partial charge is 0.265 e. The molecule has 2 rings (SSSR count). The summed E-state index contributed by atoms with van der Waals surface area (Å²) in [5.74, 6) is -1.04. The number of aromatic hydroxyl groups is 1. The van der Waals surface area contributed by atoms with Gasteiger partial charge in [-0.15, -0.1) is 0 Å². The summed E-state index contributed by atoms with van der Waals surface area (Å²) >= 11 is 9.12. The molecule has 0 unspecified atom stereocenters. The average molecular weight is 450 g/mol. The number of phenolic OH excluding ortho intramolecular Hbond substituents is 1. The Morgan fingerprint density at radius 1 is 1.28 bits per heavy atom. The van der Waals surface area contributed by atoms with Crippen LogP contribution in [0, 0.1) is 0 Å². The van der Waals surface area contributed by atoms with Gasteiger partial charge in [0.25, 0.3) is 15.9 Å². The minimum absolute atomic E-state index is 0.0790. The van der Waals surface area contributed by atoms with Crippen LogP contribution in [0.3, 0.4) is 0 Å². The SMILES string of the molecule is CNC(=O)c1cc(Cl)cc(NS(=O)(=O)c2cc(Br)ccc2OC)c1O. The van der Waals surface area contributed by atoms with Crippen LogP contribution >= 0.6 is 27.5 Å². The van der Waals surface area contributed by atoms with Crippen LogP contribution in [0.15, 0.2) is 39.7 Å². The number of ether oxygens (including phenoxy) is 1. The van der Waals surface area contributed by atoms with E-state index in [-0.39, 0.29) is 26.9 Å². The zero-order chi connectivity index (χ0) is 18.8. The number of rotatable bonds is 5. The number of carbonyl (C=O) groups is 1. The van der Waals surface area contributed by atoms with Crippen LogP contribution in [0.4, 0.5) is 5.69 Å². The molecular weight excluding hydrogens is 436 g/mol. The van der Waals surface area contributed by atoms with Gasteiger partial charge in [0.05, 0.1) is 18.4 Å².